The van der Waals surface area contributed by atoms with Crippen molar-refractivity contribution in [3.63, 3.8) is 0 Å². The number of rotatable bonds is 4. The van der Waals surface area contributed by atoms with E-state index in [2.05, 4.69) is 34.1 Å². The van der Waals surface area contributed by atoms with Gasteiger partial charge in [0.05, 0.1) is 19.1 Å². The van der Waals surface area contributed by atoms with Crippen LogP contribution >= 0.6 is 0 Å². The van der Waals surface area contributed by atoms with Gasteiger partial charge in [-0.15, -0.1) is 0 Å². The summed E-state index contributed by atoms with van der Waals surface area (Å²) in [7, 11) is 0. The Morgan fingerprint density at radius 1 is 1.09 bits per heavy atom. The molecule has 5 nitrogen and oxygen atoms in total. The maximum atomic E-state index is 11.0. The van der Waals surface area contributed by atoms with Crippen molar-refractivity contribution >= 4 is 11.7 Å². The Bertz CT molecular complexity index is 489. The minimum atomic E-state index is -0.652. The van der Waals surface area contributed by atoms with E-state index in [-0.39, 0.29) is 5.92 Å². The summed E-state index contributed by atoms with van der Waals surface area (Å²) in [6, 6.07) is 8.70. The highest BCUT2D eigenvalue weighted by molar-refractivity contribution is 5.70. The van der Waals surface area contributed by atoms with Gasteiger partial charge in [0, 0.05) is 38.4 Å². The molecule has 22 heavy (non-hydrogen) atoms. The number of benzene rings is 1. The van der Waals surface area contributed by atoms with Crippen molar-refractivity contribution in [3.8, 4) is 0 Å². The average molecular weight is 304 g/mol. The van der Waals surface area contributed by atoms with E-state index in [1.54, 1.807) is 0 Å². The normalized spacial score (nSPS) is 21.0. The lowest BCUT2D eigenvalue weighted by Crippen LogP contribution is -2.36. The van der Waals surface area contributed by atoms with Crippen molar-refractivity contribution in [1.82, 2.24) is 4.90 Å². The monoisotopic (exact) mass is 304 g/mol. The van der Waals surface area contributed by atoms with Crippen LogP contribution < -0.4 is 4.90 Å². The van der Waals surface area contributed by atoms with Gasteiger partial charge in [-0.05, 0) is 30.5 Å². The Morgan fingerprint density at radius 2 is 1.73 bits per heavy atom. The molecule has 120 valence electrons. The molecule has 0 bridgehead atoms. The Labute approximate surface area is 131 Å². The molecular weight excluding hydrogens is 280 g/mol. The molecule has 0 radical (unpaired) electrons. The smallest absolute Gasteiger partial charge is 0.306 e. The first-order valence-electron chi connectivity index (χ1n) is 8.09. The molecule has 0 aliphatic carbocycles. The molecule has 0 unspecified atom stereocenters. The van der Waals surface area contributed by atoms with E-state index in [4.69, 9.17) is 9.84 Å². The first-order valence-corrected chi connectivity index (χ1v) is 8.09. The van der Waals surface area contributed by atoms with Gasteiger partial charge in [0.15, 0.2) is 0 Å². The van der Waals surface area contributed by atoms with Crippen LogP contribution in [0.15, 0.2) is 24.3 Å². The summed E-state index contributed by atoms with van der Waals surface area (Å²) in [5.74, 6) is -0.822. The fraction of sp³-hybridized carbons (Fsp3) is 0.588. The number of piperidine rings is 1. The summed E-state index contributed by atoms with van der Waals surface area (Å²) >= 11 is 0. The highest BCUT2D eigenvalue weighted by Crippen LogP contribution is 2.24. The Hall–Kier alpha value is -1.59. The summed E-state index contributed by atoms with van der Waals surface area (Å²) in [6.07, 6.45) is 1.48. The molecule has 2 fully saturated rings. The molecule has 0 saturated carbocycles. The summed E-state index contributed by atoms with van der Waals surface area (Å²) < 4.78 is 5.37. The van der Waals surface area contributed by atoms with Gasteiger partial charge in [0.1, 0.15) is 0 Å². The number of morpholine rings is 1. The van der Waals surface area contributed by atoms with Crippen LogP contribution in [0.5, 0.6) is 0 Å². The number of carboxylic acid groups (broad SMARTS) is 1. The van der Waals surface area contributed by atoms with Crippen molar-refractivity contribution in [1.29, 1.82) is 0 Å². The molecule has 0 aromatic heterocycles. The van der Waals surface area contributed by atoms with Gasteiger partial charge < -0.3 is 14.7 Å². The van der Waals surface area contributed by atoms with Crippen molar-refractivity contribution < 1.29 is 14.6 Å². The van der Waals surface area contributed by atoms with Crippen LogP contribution in [0.25, 0.3) is 0 Å². The third kappa shape index (κ3) is 3.78. The molecule has 1 aromatic rings. The number of anilines is 1. The molecule has 2 aliphatic heterocycles. The summed E-state index contributed by atoms with van der Waals surface area (Å²) in [4.78, 5) is 15.7. The Kier molecular flexibility index (Phi) is 4.95. The number of aliphatic carboxylic acids is 1. The van der Waals surface area contributed by atoms with Crippen LogP contribution in [-0.2, 0) is 16.1 Å². The zero-order valence-electron chi connectivity index (χ0n) is 12.9. The second kappa shape index (κ2) is 7.11. The number of ether oxygens (including phenoxy) is 1. The fourth-order valence-corrected chi connectivity index (χ4v) is 3.21. The summed E-state index contributed by atoms with van der Waals surface area (Å²) in [5.41, 5.74) is 2.53. The zero-order chi connectivity index (χ0) is 15.4. The van der Waals surface area contributed by atoms with E-state index in [9.17, 15) is 4.79 Å². The van der Waals surface area contributed by atoms with Crippen LogP contribution in [0.4, 0.5) is 5.69 Å². The van der Waals surface area contributed by atoms with Crippen molar-refractivity contribution in [2.45, 2.75) is 19.4 Å². The number of hydrogen-bond acceptors (Lipinski definition) is 4. The maximum absolute atomic E-state index is 11.0. The predicted molar refractivity (Wildman–Crippen MR) is 85.1 cm³/mol. The molecule has 2 aliphatic rings. The summed E-state index contributed by atoms with van der Waals surface area (Å²) in [6.45, 7) is 6.31. The predicted octanol–water partition coefficient (Wildman–Crippen LogP) is 1.82. The SMILES string of the molecule is O=C(O)C1CCN(c2ccc(CN3CCOCC3)cc2)CC1. The molecule has 0 amide bonds. The third-order valence-corrected chi connectivity index (χ3v) is 4.66. The lowest BCUT2D eigenvalue weighted by Gasteiger charge is -2.32. The van der Waals surface area contributed by atoms with Gasteiger partial charge >= 0.3 is 5.97 Å². The van der Waals surface area contributed by atoms with Crippen LogP contribution in [0.3, 0.4) is 0 Å². The number of carboxylic acids is 1. The van der Waals surface area contributed by atoms with E-state index in [1.807, 2.05) is 0 Å². The largest absolute Gasteiger partial charge is 0.481 e. The van der Waals surface area contributed by atoms with E-state index in [0.717, 1.165) is 58.8 Å². The van der Waals surface area contributed by atoms with Gasteiger partial charge in [-0.1, -0.05) is 12.1 Å². The fourth-order valence-electron chi connectivity index (χ4n) is 3.21. The minimum absolute atomic E-state index is 0.170. The van der Waals surface area contributed by atoms with E-state index < -0.39 is 5.97 Å². The quantitative estimate of drug-likeness (QED) is 0.919. The van der Waals surface area contributed by atoms with Crippen molar-refractivity contribution in [3.05, 3.63) is 29.8 Å². The highest BCUT2D eigenvalue weighted by Gasteiger charge is 2.24. The highest BCUT2D eigenvalue weighted by atomic mass is 16.5. The van der Waals surface area contributed by atoms with Gasteiger partial charge in [-0.25, -0.2) is 0 Å². The van der Waals surface area contributed by atoms with Crippen LogP contribution in [0.2, 0.25) is 0 Å². The lowest BCUT2D eigenvalue weighted by atomic mass is 9.96. The third-order valence-electron chi connectivity index (χ3n) is 4.66. The van der Waals surface area contributed by atoms with E-state index in [0.29, 0.717) is 0 Å². The molecule has 0 spiro atoms. The summed E-state index contributed by atoms with van der Waals surface area (Å²) in [5, 5.41) is 9.06. The molecular formula is C17H24N2O3. The van der Waals surface area contributed by atoms with Gasteiger partial charge in [0.25, 0.3) is 0 Å². The van der Waals surface area contributed by atoms with Crippen LogP contribution in [0.1, 0.15) is 18.4 Å². The number of carbonyl (C=O) groups is 1. The van der Waals surface area contributed by atoms with Gasteiger partial charge in [-0.2, -0.15) is 0 Å². The molecule has 5 heteroatoms. The minimum Gasteiger partial charge on any atom is -0.481 e. The molecule has 3 rings (SSSR count). The molecule has 1 aromatic carbocycles. The zero-order valence-corrected chi connectivity index (χ0v) is 12.9. The standard InChI is InChI=1S/C17H24N2O3/c20-17(21)15-5-7-19(8-6-15)16-3-1-14(2-4-16)13-18-9-11-22-12-10-18/h1-4,15H,5-13H2,(H,20,21). The average Bonchev–Trinajstić information content (AvgIpc) is 2.57. The van der Waals surface area contributed by atoms with Crippen molar-refractivity contribution in [2.24, 2.45) is 5.92 Å². The molecule has 0 atom stereocenters. The van der Waals surface area contributed by atoms with Gasteiger partial charge in [-0.3, -0.25) is 9.69 Å². The topological polar surface area (TPSA) is 53.0 Å². The second-order valence-corrected chi connectivity index (χ2v) is 6.15. The molecule has 2 saturated heterocycles. The van der Waals surface area contributed by atoms with E-state index in [1.165, 1.54) is 11.3 Å². The second-order valence-electron chi connectivity index (χ2n) is 6.15. The van der Waals surface area contributed by atoms with Crippen LogP contribution in [-0.4, -0.2) is 55.4 Å². The lowest BCUT2D eigenvalue weighted by molar-refractivity contribution is -0.142. The van der Waals surface area contributed by atoms with Crippen molar-refractivity contribution in [2.75, 3.05) is 44.3 Å². The van der Waals surface area contributed by atoms with Gasteiger partial charge in [0.2, 0.25) is 0 Å². The number of nitrogens with zero attached hydrogens (tertiary/aromatic N) is 2. The maximum Gasteiger partial charge on any atom is 0.306 e. The molecule has 1 N–H and O–H groups in total. The van der Waals surface area contributed by atoms with E-state index >= 15 is 0 Å². The van der Waals surface area contributed by atoms with Crippen LogP contribution in [0, 0.1) is 5.92 Å². The Balaban J connectivity index is 1.54. The first kappa shape index (κ1) is 15.3. The molecule has 2 heterocycles. The first-order chi connectivity index (χ1) is 10.7. The Morgan fingerprint density at radius 3 is 2.32 bits per heavy atom. The number of hydrogen-bond donors (Lipinski definition) is 1.